The number of hydrogen-bond acceptors (Lipinski definition) is 6. The number of aliphatic hydroxyl groups is 1. The van der Waals surface area contributed by atoms with Gasteiger partial charge in [-0.05, 0) is 103 Å². The maximum atomic E-state index is 9.96. The van der Waals surface area contributed by atoms with E-state index in [1.807, 2.05) is 81.5 Å². The highest BCUT2D eigenvalue weighted by Crippen LogP contribution is 2.29. The number of benzene rings is 3. The van der Waals surface area contributed by atoms with Crippen molar-refractivity contribution >= 4 is 39.8 Å². The Morgan fingerprint density at radius 2 is 1.62 bits per heavy atom. The molecule has 1 unspecified atom stereocenters. The third kappa shape index (κ3) is 12.2. The summed E-state index contributed by atoms with van der Waals surface area (Å²) >= 11 is 0. The number of nitrogens with zero attached hydrogens (tertiary/aromatic N) is 1. The van der Waals surface area contributed by atoms with Gasteiger partial charge in [0.1, 0.15) is 25.0 Å². The first-order chi connectivity index (χ1) is 22.7. The summed E-state index contributed by atoms with van der Waals surface area (Å²) in [5.74, 6) is 3.68. The van der Waals surface area contributed by atoms with Crippen LogP contribution in [-0.2, 0) is 15.9 Å². The number of hydrogen-bond donors (Lipinski definition) is 2. The zero-order chi connectivity index (χ0) is 34.2. The molecular formula is C40H51N2O4P. The van der Waals surface area contributed by atoms with Crippen LogP contribution >= 0.6 is 9.39 Å². The fourth-order valence-electron chi connectivity index (χ4n) is 4.81. The Balaban J connectivity index is 0.000000297. The summed E-state index contributed by atoms with van der Waals surface area (Å²) in [7, 11) is 2.66. The Kier molecular flexibility index (Phi) is 15.5. The van der Waals surface area contributed by atoms with E-state index < -0.39 is 0 Å². The lowest BCUT2D eigenvalue weighted by molar-refractivity contribution is 0.0958. The third-order valence-corrected chi connectivity index (χ3v) is 7.95. The number of aryl methyl sites for hydroxylation is 2. The van der Waals surface area contributed by atoms with E-state index >= 15 is 0 Å². The van der Waals surface area contributed by atoms with Gasteiger partial charge >= 0.3 is 0 Å². The average molecular weight is 655 g/mol. The predicted octanol–water partition coefficient (Wildman–Crippen LogP) is 10.4. The number of aliphatic hydroxyl groups excluding tert-OH is 1. The Bertz CT molecular complexity index is 1580. The van der Waals surface area contributed by atoms with Gasteiger partial charge in [0.05, 0.1) is 17.3 Å². The molecule has 0 radical (unpaired) electrons. The van der Waals surface area contributed by atoms with E-state index in [0.29, 0.717) is 25.6 Å². The highest BCUT2D eigenvalue weighted by Gasteiger charge is 2.11. The molecule has 1 heterocycles. The lowest BCUT2D eigenvalue weighted by Crippen LogP contribution is -2.23. The first kappa shape index (κ1) is 37.4. The molecule has 1 fully saturated rings. The van der Waals surface area contributed by atoms with Crippen molar-refractivity contribution in [3.8, 4) is 11.5 Å². The summed E-state index contributed by atoms with van der Waals surface area (Å²) in [5, 5.41) is 13.1. The highest BCUT2D eigenvalue weighted by atomic mass is 31.0. The van der Waals surface area contributed by atoms with Crippen molar-refractivity contribution in [1.29, 1.82) is 0 Å². The molecule has 3 aromatic carbocycles. The highest BCUT2D eigenvalue weighted by molar-refractivity contribution is 7.13. The molecule has 2 N–H and O–H groups in total. The second-order valence-electron chi connectivity index (χ2n) is 11.2. The molecule has 250 valence electrons. The van der Waals surface area contributed by atoms with Gasteiger partial charge < -0.3 is 19.3 Å². The van der Waals surface area contributed by atoms with Crippen LogP contribution < -0.4 is 10.1 Å². The molecule has 1 aliphatic rings. The molecule has 0 aromatic heterocycles. The molecular weight excluding hydrogens is 603 g/mol. The third-order valence-electron chi connectivity index (χ3n) is 7.55. The monoisotopic (exact) mass is 654 g/mol. The van der Waals surface area contributed by atoms with Crippen LogP contribution in [0.2, 0.25) is 0 Å². The molecule has 1 atom stereocenters. The molecule has 0 bridgehead atoms. The van der Waals surface area contributed by atoms with Gasteiger partial charge in [-0.15, -0.1) is 0 Å². The maximum absolute atomic E-state index is 9.96. The van der Waals surface area contributed by atoms with E-state index in [1.54, 1.807) is 0 Å². The zero-order valence-corrected chi connectivity index (χ0v) is 29.8. The smallest absolute Gasteiger partial charge is 0.144 e. The van der Waals surface area contributed by atoms with Crippen LogP contribution in [0.5, 0.6) is 11.5 Å². The summed E-state index contributed by atoms with van der Waals surface area (Å²) in [5.41, 5.74) is 7.72. The summed E-state index contributed by atoms with van der Waals surface area (Å²) < 4.78 is 19.6. The topological polar surface area (TPSA) is 63.2 Å². The lowest BCUT2D eigenvalue weighted by atomic mass is 10.0. The van der Waals surface area contributed by atoms with Crippen LogP contribution in [0.25, 0.3) is 30.4 Å². The van der Waals surface area contributed by atoms with Crippen LogP contribution in [0.15, 0.2) is 85.0 Å². The van der Waals surface area contributed by atoms with Crippen LogP contribution in [0.3, 0.4) is 0 Å². The summed E-state index contributed by atoms with van der Waals surface area (Å²) in [6.07, 6.45) is 12.1. The molecule has 0 saturated carbocycles. The minimum atomic E-state index is 0.359. The summed E-state index contributed by atoms with van der Waals surface area (Å²) in [4.78, 5) is 0. The fraction of sp³-hybridized carbons (Fsp3) is 0.300. The molecule has 7 heteroatoms. The second-order valence-corrected chi connectivity index (χ2v) is 12.0. The molecule has 1 aliphatic heterocycles. The van der Waals surface area contributed by atoms with Crippen LogP contribution in [-0.4, -0.2) is 36.3 Å². The molecule has 0 amide bonds. The van der Waals surface area contributed by atoms with Crippen molar-refractivity contribution in [3.05, 3.63) is 124 Å². The second kappa shape index (κ2) is 19.5. The van der Waals surface area contributed by atoms with Gasteiger partial charge in [0.2, 0.25) is 0 Å². The van der Waals surface area contributed by atoms with Crippen molar-refractivity contribution in [2.45, 2.75) is 53.9 Å². The Morgan fingerprint density at radius 3 is 2.26 bits per heavy atom. The molecule has 4 rings (SSSR count). The van der Waals surface area contributed by atoms with Crippen LogP contribution in [0.1, 0.15) is 79.5 Å². The van der Waals surface area contributed by atoms with Gasteiger partial charge in [-0.3, -0.25) is 9.99 Å². The summed E-state index contributed by atoms with van der Waals surface area (Å²) in [6.45, 7) is 20.8. The van der Waals surface area contributed by atoms with Crippen LogP contribution in [0.4, 0.5) is 0 Å². The Labute approximate surface area is 284 Å². The molecule has 6 nitrogen and oxygen atoms in total. The Morgan fingerprint density at radius 1 is 0.936 bits per heavy atom. The van der Waals surface area contributed by atoms with E-state index in [-0.39, 0.29) is 0 Å². The number of rotatable bonds is 13. The first-order valence-corrected chi connectivity index (χ1v) is 16.8. The number of ether oxygens (including phenoxy) is 3. The van der Waals surface area contributed by atoms with Crippen molar-refractivity contribution < 1.29 is 19.3 Å². The lowest BCUT2D eigenvalue weighted by Gasteiger charge is -2.24. The predicted molar refractivity (Wildman–Crippen MR) is 203 cm³/mol. The van der Waals surface area contributed by atoms with Gasteiger partial charge in [0, 0.05) is 19.4 Å². The molecule has 0 spiro atoms. The summed E-state index contributed by atoms with van der Waals surface area (Å²) in [6, 6.07) is 18.2. The van der Waals surface area contributed by atoms with Crippen LogP contribution in [0, 0.1) is 6.92 Å². The van der Waals surface area contributed by atoms with Gasteiger partial charge in [-0.1, -0.05) is 91.4 Å². The van der Waals surface area contributed by atoms with Crippen molar-refractivity contribution in [3.63, 3.8) is 0 Å². The van der Waals surface area contributed by atoms with Crippen molar-refractivity contribution in [2.24, 2.45) is 0 Å². The standard InChI is InChI=1S/C26H33NO3.C14H18NOP/c1-6-20-10-12-25(16-22(20)14-19(5)29-18-27-9-4)30-26-13-11-21(7-2)23(17-26)15-24(28)8-3;1-3-12-5-4-11(2)8-13(12)9-14-6-7-15(17)10-16-14/h6,10-17,27-28H,1,7-9,18H2,2-5H3;3-5,8-9H,1,6-7,10,17H2,2H3/b19-14+,24-15+;14-9+. The van der Waals surface area contributed by atoms with E-state index in [9.17, 15) is 5.11 Å². The fourth-order valence-corrected chi connectivity index (χ4v) is 5.02. The van der Waals surface area contributed by atoms with Crippen molar-refractivity contribution in [1.82, 2.24) is 9.99 Å². The van der Waals surface area contributed by atoms with E-state index in [2.05, 4.69) is 70.7 Å². The minimum absolute atomic E-state index is 0.359. The molecule has 47 heavy (non-hydrogen) atoms. The zero-order valence-electron chi connectivity index (χ0n) is 28.6. The minimum Gasteiger partial charge on any atom is -0.512 e. The first-order valence-electron chi connectivity index (χ1n) is 16.2. The number of nitrogens with one attached hydrogen (secondary N) is 1. The van der Waals surface area contributed by atoms with Gasteiger partial charge in [-0.2, -0.15) is 0 Å². The molecule has 3 aromatic rings. The van der Waals surface area contributed by atoms with Gasteiger partial charge in [0.15, 0.2) is 0 Å². The largest absolute Gasteiger partial charge is 0.512 e. The van der Waals surface area contributed by atoms with E-state index in [4.69, 9.17) is 14.2 Å². The Hall–Kier alpha value is -4.09. The number of allylic oxidation sites excluding steroid dienone is 2. The quantitative estimate of drug-likeness (QED) is 0.0828. The maximum Gasteiger partial charge on any atom is 0.144 e. The van der Waals surface area contributed by atoms with E-state index in [1.165, 1.54) is 16.7 Å². The van der Waals surface area contributed by atoms with E-state index in [0.717, 1.165) is 71.2 Å². The molecule has 1 saturated heterocycles. The normalized spacial score (nSPS) is 14.6. The molecule has 0 aliphatic carbocycles. The van der Waals surface area contributed by atoms with Gasteiger partial charge in [-0.25, -0.2) is 0 Å². The van der Waals surface area contributed by atoms with Crippen molar-refractivity contribution in [2.75, 3.05) is 26.6 Å². The SMILES string of the molecule is C=Cc1ccc(C)cc1/C=C1\CCN(P)CO1.C=Cc1ccc(Oc2ccc(CC)c(/C=C(/O)CC)c2)cc1/C=C(\C)OCNCC. The average Bonchev–Trinajstić information content (AvgIpc) is 3.06. The van der Waals surface area contributed by atoms with Gasteiger partial charge in [0.25, 0.3) is 0 Å².